The van der Waals surface area contributed by atoms with E-state index in [9.17, 15) is 0 Å². The predicted octanol–water partition coefficient (Wildman–Crippen LogP) is 2.21. The molecule has 0 saturated carbocycles. The van der Waals surface area contributed by atoms with Crippen LogP contribution in [0.1, 0.15) is 51.8 Å². The molecule has 4 nitrogen and oxygen atoms in total. The van der Waals surface area contributed by atoms with E-state index >= 15 is 0 Å². The summed E-state index contributed by atoms with van der Waals surface area (Å²) in [5.74, 6) is 0.898. The lowest BCUT2D eigenvalue weighted by molar-refractivity contribution is 0.494. The molecule has 14 heavy (non-hydrogen) atoms. The van der Waals surface area contributed by atoms with Crippen LogP contribution in [-0.4, -0.2) is 20.2 Å². The molecule has 0 unspecified atom stereocenters. The van der Waals surface area contributed by atoms with Gasteiger partial charge < -0.3 is 0 Å². The summed E-state index contributed by atoms with van der Waals surface area (Å²) in [7, 11) is 0. The van der Waals surface area contributed by atoms with E-state index in [-0.39, 0.29) is 0 Å². The van der Waals surface area contributed by atoms with Gasteiger partial charge in [0.2, 0.25) is 0 Å². The molecule has 0 aromatic carbocycles. The summed E-state index contributed by atoms with van der Waals surface area (Å²) in [4.78, 5) is 1.71. The highest BCUT2D eigenvalue weighted by Crippen LogP contribution is 2.00. The van der Waals surface area contributed by atoms with Crippen LogP contribution >= 0.6 is 0 Å². The molecular weight excluding hydrogens is 176 g/mol. The largest absolute Gasteiger partial charge is 0.174 e. The smallest absolute Gasteiger partial charge is 0.164 e. The minimum atomic E-state index is 0.898. The van der Waals surface area contributed by atoms with Gasteiger partial charge >= 0.3 is 0 Å². The monoisotopic (exact) mass is 196 g/mol. The molecule has 0 amide bonds. The Hall–Kier alpha value is -0.930. The van der Waals surface area contributed by atoms with Gasteiger partial charge in [0.15, 0.2) is 5.82 Å². The topological polar surface area (TPSA) is 43.6 Å². The van der Waals surface area contributed by atoms with Crippen LogP contribution in [0.3, 0.4) is 0 Å². The molecule has 0 aliphatic heterocycles. The van der Waals surface area contributed by atoms with Gasteiger partial charge in [0.25, 0.3) is 0 Å². The van der Waals surface area contributed by atoms with Gasteiger partial charge in [0.05, 0.1) is 6.54 Å². The summed E-state index contributed by atoms with van der Waals surface area (Å²) in [6, 6.07) is 0. The van der Waals surface area contributed by atoms with Crippen molar-refractivity contribution >= 4 is 0 Å². The van der Waals surface area contributed by atoms with Gasteiger partial charge in [0.1, 0.15) is 0 Å². The molecule has 80 valence electrons. The van der Waals surface area contributed by atoms with Crippen molar-refractivity contribution in [2.45, 2.75) is 58.9 Å². The molecule has 0 aliphatic carbocycles. The van der Waals surface area contributed by atoms with Gasteiger partial charge in [-0.1, -0.05) is 33.1 Å². The average Bonchev–Trinajstić information content (AvgIpc) is 2.63. The van der Waals surface area contributed by atoms with Gasteiger partial charge in [0, 0.05) is 6.42 Å². The third-order valence-electron chi connectivity index (χ3n) is 2.21. The van der Waals surface area contributed by atoms with Crippen molar-refractivity contribution in [3.63, 3.8) is 0 Å². The Balaban J connectivity index is 2.27. The number of hydrogen-bond donors (Lipinski definition) is 0. The highest BCUT2D eigenvalue weighted by Gasteiger charge is 2.01. The Morgan fingerprint density at radius 1 is 1.07 bits per heavy atom. The zero-order valence-electron chi connectivity index (χ0n) is 9.24. The molecule has 0 spiro atoms. The maximum atomic E-state index is 4.31. The van der Waals surface area contributed by atoms with Crippen molar-refractivity contribution < 1.29 is 0 Å². The number of rotatable bonds is 7. The molecule has 4 heteroatoms. The van der Waals surface area contributed by atoms with E-state index in [2.05, 4.69) is 29.3 Å². The van der Waals surface area contributed by atoms with Crippen LogP contribution in [0.15, 0.2) is 0 Å². The van der Waals surface area contributed by atoms with Gasteiger partial charge in [-0.15, -0.1) is 10.2 Å². The Morgan fingerprint density at radius 2 is 1.86 bits per heavy atom. The van der Waals surface area contributed by atoms with Crippen LogP contribution in [0.4, 0.5) is 0 Å². The molecule has 0 radical (unpaired) electrons. The molecule has 0 N–H and O–H groups in total. The van der Waals surface area contributed by atoms with Crippen molar-refractivity contribution in [1.29, 1.82) is 0 Å². The van der Waals surface area contributed by atoms with Gasteiger partial charge in [-0.25, -0.2) is 0 Å². The molecule has 1 aromatic rings. The van der Waals surface area contributed by atoms with E-state index in [1.165, 1.54) is 25.7 Å². The number of hydrogen-bond acceptors (Lipinski definition) is 3. The first kappa shape index (κ1) is 11.1. The lowest BCUT2D eigenvalue weighted by atomic mass is 10.2. The van der Waals surface area contributed by atoms with E-state index in [0.29, 0.717) is 0 Å². The molecule has 1 rings (SSSR count). The molecule has 0 fully saturated rings. The Bertz CT molecular complexity index is 244. The molecule has 0 aliphatic rings. The zero-order valence-corrected chi connectivity index (χ0v) is 9.24. The van der Waals surface area contributed by atoms with Crippen LogP contribution in [0.25, 0.3) is 0 Å². The number of aromatic nitrogens is 4. The second kappa shape index (κ2) is 6.51. The molecule has 1 heterocycles. The van der Waals surface area contributed by atoms with Crippen molar-refractivity contribution in [3.8, 4) is 0 Å². The first-order chi connectivity index (χ1) is 6.86. The summed E-state index contributed by atoms with van der Waals surface area (Å²) in [6.45, 7) is 5.27. The highest BCUT2D eigenvalue weighted by atomic mass is 15.6. The Morgan fingerprint density at radius 3 is 2.57 bits per heavy atom. The molecule has 0 saturated heterocycles. The van der Waals surface area contributed by atoms with Gasteiger partial charge in [-0.2, -0.15) is 4.80 Å². The van der Waals surface area contributed by atoms with Crippen molar-refractivity contribution in [2.24, 2.45) is 0 Å². The SMILES string of the molecule is CCCCCc1nnn(CCCC)n1. The van der Waals surface area contributed by atoms with Crippen LogP contribution in [0, 0.1) is 0 Å². The van der Waals surface area contributed by atoms with E-state index < -0.39 is 0 Å². The van der Waals surface area contributed by atoms with Crippen LogP contribution in [0.2, 0.25) is 0 Å². The second-order valence-corrected chi connectivity index (χ2v) is 3.61. The van der Waals surface area contributed by atoms with Gasteiger partial charge in [-0.3, -0.25) is 0 Å². The van der Waals surface area contributed by atoms with E-state index in [0.717, 1.165) is 25.2 Å². The molecule has 1 aromatic heterocycles. The Labute approximate surface area is 85.7 Å². The summed E-state index contributed by atoms with van der Waals surface area (Å²) < 4.78 is 0. The van der Waals surface area contributed by atoms with Crippen LogP contribution < -0.4 is 0 Å². The zero-order chi connectivity index (χ0) is 10.2. The number of aryl methyl sites for hydroxylation is 2. The van der Waals surface area contributed by atoms with Crippen molar-refractivity contribution in [3.05, 3.63) is 5.82 Å². The van der Waals surface area contributed by atoms with Crippen molar-refractivity contribution in [1.82, 2.24) is 20.2 Å². The highest BCUT2D eigenvalue weighted by molar-refractivity contribution is 4.76. The minimum Gasteiger partial charge on any atom is -0.164 e. The Kier molecular flexibility index (Phi) is 5.19. The van der Waals surface area contributed by atoms with E-state index in [1.807, 2.05) is 0 Å². The molecule has 0 atom stereocenters. The fraction of sp³-hybridized carbons (Fsp3) is 0.900. The first-order valence-corrected chi connectivity index (χ1v) is 5.63. The van der Waals surface area contributed by atoms with Gasteiger partial charge in [-0.05, 0) is 18.1 Å². The minimum absolute atomic E-state index is 0.898. The standard InChI is InChI=1S/C10H20N4/c1-3-5-7-8-10-11-13-14(12-10)9-6-4-2/h3-9H2,1-2H3. The summed E-state index contributed by atoms with van der Waals surface area (Å²) in [5, 5.41) is 12.3. The maximum Gasteiger partial charge on any atom is 0.174 e. The van der Waals surface area contributed by atoms with Crippen LogP contribution in [0.5, 0.6) is 0 Å². The lowest BCUT2D eigenvalue weighted by Gasteiger charge is -1.94. The number of tetrazole rings is 1. The second-order valence-electron chi connectivity index (χ2n) is 3.61. The van der Waals surface area contributed by atoms with Crippen molar-refractivity contribution in [2.75, 3.05) is 0 Å². The number of unbranched alkanes of at least 4 members (excludes halogenated alkanes) is 3. The first-order valence-electron chi connectivity index (χ1n) is 5.63. The summed E-state index contributed by atoms with van der Waals surface area (Å²) >= 11 is 0. The predicted molar refractivity (Wildman–Crippen MR) is 56.0 cm³/mol. The fourth-order valence-corrected chi connectivity index (χ4v) is 1.30. The quantitative estimate of drug-likeness (QED) is 0.628. The lowest BCUT2D eigenvalue weighted by Crippen LogP contribution is -2.02. The maximum absolute atomic E-state index is 4.31. The average molecular weight is 196 g/mol. The third kappa shape index (κ3) is 3.85. The molecule has 0 bridgehead atoms. The third-order valence-corrected chi connectivity index (χ3v) is 2.21. The fourth-order valence-electron chi connectivity index (χ4n) is 1.30. The number of nitrogens with zero attached hydrogens (tertiary/aromatic N) is 4. The van der Waals surface area contributed by atoms with E-state index in [4.69, 9.17) is 0 Å². The molecular formula is C10H20N4. The summed E-state index contributed by atoms with van der Waals surface area (Å²) in [6.07, 6.45) is 6.95. The van der Waals surface area contributed by atoms with E-state index in [1.54, 1.807) is 4.80 Å². The van der Waals surface area contributed by atoms with Crippen LogP contribution in [-0.2, 0) is 13.0 Å². The summed E-state index contributed by atoms with van der Waals surface area (Å²) in [5.41, 5.74) is 0. The normalized spacial score (nSPS) is 10.7.